The van der Waals surface area contributed by atoms with Gasteiger partial charge in [-0.1, -0.05) is 6.92 Å². The number of hydrogen-bond donors (Lipinski definition) is 1. The Morgan fingerprint density at radius 2 is 2.33 bits per heavy atom. The van der Waals surface area contributed by atoms with E-state index >= 15 is 0 Å². The van der Waals surface area contributed by atoms with E-state index in [1.807, 2.05) is 0 Å². The molecule has 72 valence electrons. The van der Waals surface area contributed by atoms with Gasteiger partial charge in [-0.3, -0.25) is 0 Å². The molecule has 0 saturated carbocycles. The van der Waals surface area contributed by atoms with Gasteiger partial charge in [0.05, 0.1) is 6.10 Å². The lowest BCUT2D eigenvalue weighted by atomic mass is 9.93. The number of ether oxygens (including phenoxy) is 1. The zero-order valence-electron chi connectivity index (χ0n) is 7.96. The van der Waals surface area contributed by atoms with Crippen LogP contribution in [0.25, 0.3) is 0 Å². The van der Waals surface area contributed by atoms with E-state index < -0.39 is 0 Å². The van der Waals surface area contributed by atoms with Crippen LogP contribution in [0.3, 0.4) is 0 Å². The molecule has 1 aliphatic rings. The second-order valence-corrected chi connectivity index (χ2v) is 3.75. The topological polar surface area (TPSA) is 29.5 Å². The monoisotopic (exact) mass is 172 g/mol. The Hall–Kier alpha value is -0.0800. The fourth-order valence-corrected chi connectivity index (χ4v) is 1.81. The molecule has 0 aromatic heterocycles. The molecule has 0 aromatic carbocycles. The first-order chi connectivity index (χ1) is 5.84. The summed E-state index contributed by atoms with van der Waals surface area (Å²) in [6, 6.07) is 0. The fraction of sp³-hybridized carbons (Fsp3) is 1.00. The van der Waals surface area contributed by atoms with Crippen molar-refractivity contribution in [3.05, 3.63) is 0 Å². The summed E-state index contributed by atoms with van der Waals surface area (Å²) in [4.78, 5) is 0. The standard InChI is InChI=1S/C10H20O2/c1-9(5-4-7-11)10-6-2-3-8-12-10/h9-11H,2-8H2,1H3/t9-,10-/m1/s1. The minimum Gasteiger partial charge on any atom is -0.396 e. The van der Waals surface area contributed by atoms with Crippen LogP contribution >= 0.6 is 0 Å². The smallest absolute Gasteiger partial charge is 0.0600 e. The van der Waals surface area contributed by atoms with Gasteiger partial charge in [0.15, 0.2) is 0 Å². The first-order valence-corrected chi connectivity index (χ1v) is 5.07. The summed E-state index contributed by atoms with van der Waals surface area (Å²) in [6.07, 6.45) is 6.23. The van der Waals surface area contributed by atoms with Crippen LogP contribution in [0.1, 0.15) is 39.0 Å². The fourth-order valence-electron chi connectivity index (χ4n) is 1.81. The van der Waals surface area contributed by atoms with Gasteiger partial charge in [-0.2, -0.15) is 0 Å². The Morgan fingerprint density at radius 1 is 1.50 bits per heavy atom. The van der Waals surface area contributed by atoms with Gasteiger partial charge >= 0.3 is 0 Å². The molecular weight excluding hydrogens is 152 g/mol. The molecule has 0 spiro atoms. The second-order valence-electron chi connectivity index (χ2n) is 3.75. The molecule has 1 fully saturated rings. The molecule has 0 amide bonds. The zero-order chi connectivity index (χ0) is 8.81. The number of aliphatic hydroxyl groups excluding tert-OH is 1. The SMILES string of the molecule is C[C@H](CCCO)[C@H]1CCCCO1. The third-order valence-electron chi connectivity index (χ3n) is 2.67. The highest BCUT2D eigenvalue weighted by Crippen LogP contribution is 2.22. The lowest BCUT2D eigenvalue weighted by Crippen LogP contribution is -2.26. The van der Waals surface area contributed by atoms with E-state index in [1.54, 1.807) is 0 Å². The summed E-state index contributed by atoms with van der Waals surface area (Å²) >= 11 is 0. The highest BCUT2D eigenvalue weighted by Gasteiger charge is 2.19. The van der Waals surface area contributed by atoms with Gasteiger partial charge in [0, 0.05) is 13.2 Å². The first-order valence-electron chi connectivity index (χ1n) is 5.07. The zero-order valence-corrected chi connectivity index (χ0v) is 7.96. The van der Waals surface area contributed by atoms with Crippen molar-refractivity contribution >= 4 is 0 Å². The maximum Gasteiger partial charge on any atom is 0.0600 e. The predicted molar refractivity (Wildman–Crippen MR) is 49.1 cm³/mol. The maximum atomic E-state index is 8.67. The second kappa shape index (κ2) is 5.55. The molecule has 12 heavy (non-hydrogen) atoms. The lowest BCUT2D eigenvalue weighted by Gasteiger charge is -2.27. The third-order valence-corrected chi connectivity index (χ3v) is 2.67. The van der Waals surface area contributed by atoms with Crippen molar-refractivity contribution in [3.63, 3.8) is 0 Å². The normalized spacial score (nSPS) is 27.0. The van der Waals surface area contributed by atoms with Crippen LogP contribution in [-0.4, -0.2) is 24.4 Å². The third kappa shape index (κ3) is 3.11. The average Bonchev–Trinajstić information content (AvgIpc) is 2.15. The van der Waals surface area contributed by atoms with Crippen LogP contribution in [0.15, 0.2) is 0 Å². The summed E-state index contributed by atoms with van der Waals surface area (Å²) < 4.78 is 5.66. The van der Waals surface area contributed by atoms with Crippen molar-refractivity contribution in [2.24, 2.45) is 5.92 Å². The van der Waals surface area contributed by atoms with Gasteiger partial charge in [-0.05, 0) is 38.0 Å². The van der Waals surface area contributed by atoms with E-state index in [1.165, 1.54) is 19.3 Å². The van der Waals surface area contributed by atoms with Crippen molar-refractivity contribution in [3.8, 4) is 0 Å². The molecular formula is C10H20O2. The van der Waals surface area contributed by atoms with Crippen LogP contribution in [0.2, 0.25) is 0 Å². The van der Waals surface area contributed by atoms with Crippen molar-refractivity contribution in [2.75, 3.05) is 13.2 Å². The molecule has 0 aliphatic carbocycles. The van der Waals surface area contributed by atoms with Gasteiger partial charge in [-0.25, -0.2) is 0 Å². The molecule has 0 aromatic rings. The van der Waals surface area contributed by atoms with Crippen molar-refractivity contribution < 1.29 is 9.84 Å². The molecule has 2 nitrogen and oxygen atoms in total. The van der Waals surface area contributed by atoms with E-state index in [2.05, 4.69) is 6.92 Å². The molecule has 0 unspecified atom stereocenters. The van der Waals surface area contributed by atoms with Crippen molar-refractivity contribution in [1.82, 2.24) is 0 Å². The summed E-state index contributed by atoms with van der Waals surface area (Å²) in [6.45, 7) is 3.48. The maximum absolute atomic E-state index is 8.67. The van der Waals surface area contributed by atoms with E-state index in [0.717, 1.165) is 19.4 Å². The van der Waals surface area contributed by atoms with E-state index in [4.69, 9.17) is 9.84 Å². The highest BCUT2D eigenvalue weighted by atomic mass is 16.5. The van der Waals surface area contributed by atoms with Crippen LogP contribution in [-0.2, 0) is 4.74 Å². The van der Waals surface area contributed by atoms with Crippen LogP contribution in [0.4, 0.5) is 0 Å². The summed E-state index contributed by atoms with van der Waals surface area (Å²) in [7, 11) is 0. The molecule has 2 atom stereocenters. The predicted octanol–water partition coefficient (Wildman–Crippen LogP) is 1.96. The minimum atomic E-state index is 0.317. The molecule has 1 heterocycles. The van der Waals surface area contributed by atoms with Crippen molar-refractivity contribution in [2.45, 2.75) is 45.1 Å². The molecule has 1 saturated heterocycles. The van der Waals surface area contributed by atoms with E-state index in [0.29, 0.717) is 18.6 Å². The number of aliphatic hydroxyl groups is 1. The summed E-state index contributed by atoms with van der Waals surface area (Å²) in [5, 5.41) is 8.67. The first kappa shape index (κ1) is 10.0. The molecule has 1 N–H and O–H groups in total. The van der Waals surface area contributed by atoms with Crippen LogP contribution in [0.5, 0.6) is 0 Å². The molecule has 2 heteroatoms. The van der Waals surface area contributed by atoms with Gasteiger partial charge in [0.25, 0.3) is 0 Å². The Morgan fingerprint density at radius 3 is 2.92 bits per heavy atom. The molecule has 1 aliphatic heterocycles. The molecule has 0 bridgehead atoms. The largest absolute Gasteiger partial charge is 0.396 e. The Balaban J connectivity index is 2.15. The van der Waals surface area contributed by atoms with Crippen LogP contribution in [0, 0.1) is 5.92 Å². The number of hydrogen-bond acceptors (Lipinski definition) is 2. The summed E-state index contributed by atoms with van der Waals surface area (Å²) in [5.41, 5.74) is 0. The van der Waals surface area contributed by atoms with Gasteiger partial charge in [0.1, 0.15) is 0 Å². The highest BCUT2D eigenvalue weighted by molar-refractivity contribution is 4.69. The van der Waals surface area contributed by atoms with Gasteiger partial charge in [-0.15, -0.1) is 0 Å². The molecule has 0 radical (unpaired) electrons. The van der Waals surface area contributed by atoms with E-state index in [-0.39, 0.29) is 0 Å². The number of rotatable bonds is 4. The van der Waals surface area contributed by atoms with E-state index in [9.17, 15) is 0 Å². The molecule has 1 rings (SSSR count). The Labute approximate surface area is 74.9 Å². The van der Waals surface area contributed by atoms with Gasteiger partial charge in [0.2, 0.25) is 0 Å². The average molecular weight is 172 g/mol. The Kier molecular flexibility index (Phi) is 4.62. The van der Waals surface area contributed by atoms with Crippen molar-refractivity contribution in [1.29, 1.82) is 0 Å². The van der Waals surface area contributed by atoms with Gasteiger partial charge < -0.3 is 9.84 Å². The van der Waals surface area contributed by atoms with Crippen LogP contribution < -0.4 is 0 Å². The summed E-state index contributed by atoms with van der Waals surface area (Å²) in [5.74, 6) is 0.623. The quantitative estimate of drug-likeness (QED) is 0.702. The minimum absolute atomic E-state index is 0.317. The lowest BCUT2D eigenvalue weighted by molar-refractivity contribution is -0.0194. The Bertz CT molecular complexity index is 108.